The Morgan fingerprint density at radius 1 is 1.38 bits per heavy atom. The lowest BCUT2D eigenvalue weighted by atomic mass is 10.1. The molecule has 29 heavy (non-hydrogen) atoms. The Morgan fingerprint density at radius 2 is 2.10 bits per heavy atom. The van der Waals surface area contributed by atoms with Gasteiger partial charge in [-0.15, -0.1) is 0 Å². The number of aromatic nitrogens is 2. The topological polar surface area (TPSA) is 67.8 Å². The van der Waals surface area contributed by atoms with Gasteiger partial charge in [0.1, 0.15) is 11.4 Å². The van der Waals surface area contributed by atoms with Crippen LogP contribution < -0.4 is 4.90 Å². The van der Waals surface area contributed by atoms with Gasteiger partial charge in [-0.05, 0) is 57.0 Å². The average molecular weight is 486 g/mol. The number of methoxy groups -OCH3 is 1. The third kappa shape index (κ3) is 4.92. The highest BCUT2D eigenvalue weighted by Gasteiger charge is 2.41. The fraction of sp³-hybridized carbons (Fsp3) is 0.550. The molecule has 1 saturated heterocycles. The van der Waals surface area contributed by atoms with Crippen LogP contribution in [-0.2, 0) is 9.47 Å². The monoisotopic (exact) mass is 484 g/mol. The number of hydrogen-bond acceptors (Lipinski definition) is 6. The molecule has 0 radical (unpaired) electrons. The Hall–Kier alpha value is -1.64. The number of fused-ring (bicyclic) bond motifs is 1. The van der Waals surface area contributed by atoms with Crippen molar-refractivity contribution in [3.05, 3.63) is 28.0 Å². The number of amides is 1. The molecule has 1 aromatic carbocycles. The summed E-state index contributed by atoms with van der Waals surface area (Å²) in [6.07, 6.45) is 0.439. The van der Waals surface area contributed by atoms with E-state index in [0.717, 1.165) is 27.6 Å². The second-order valence-electron chi connectivity index (χ2n) is 8.14. The molecule has 1 amide bonds. The first-order chi connectivity index (χ1) is 13.6. The summed E-state index contributed by atoms with van der Waals surface area (Å²) in [6, 6.07) is 5.66. The Kier molecular flexibility index (Phi) is 6.55. The number of anilines is 1. The molecule has 1 fully saturated rings. The van der Waals surface area contributed by atoms with Crippen molar-refractivity contribution in [2.45, 2.75) is 44.9 Å². The van der Waals surface area contributed by atoms with Gasteiger partial charge in [-0.25, -0.2) is 9.78 Å². The summed E-state index contributed by atoms with van der Waals surface area (Å²) >= 11 is 9.67. The van der Waals surface area contributed by atoms with Crippen LogP contribution in [0, 0.1) is 0 Å². The van der Waals surface area contributed by atoms with E-state index in [1.54, 1.807) is 12.0 Å². The lowest BCUT2D eigenvalue weighted by Gasteiger charge is -2.34. The quantitative estimate of drug-likeness (QED) is 0.594. The van der Waals surface area contributed by atoms with Gasteiger partial charge >= 0.3 is 6.09 Å². The maximum Gasteiger partial charge on any atom is 0.410 e. The Balaban J connectivity index is 1.93. The zero-order chi connectivity index (χ0) is 21.3. The van der Waals surface area contributed by atoms with Crippen molar-refractivity contribution < 1.29 is 14.3 Å². The number of benzene rings is 1. The molecular weight excluding hydrogens is 460 g/mol. The first kappa shape index (κ1) is 22.1. The first-order valence-electron chi connectivity index (χ1n) is 9.45. The second kappa shape index (κ2) is 8.62. The molecule has 0 bridgehead atoms. The molecule has 1 aromatic heterocycles. The largest absolute Gasteiger partial charge is 0.444 e. The van der Waals surface area contributed by atoms with Gasteiger partial charge in [0.05, 0.1) is 24.2 Å². The van der Waals surface area contributed by atoms with E-state index in [-0.39, 0.29) is 23.5 Å². The summed E-state index contributed by atoms with van der Waals surface area (Å²) in [5.41, 5.74) is 0.203. The van der Waals surface area contributed by atoms with Crippen LogP contribution in [0.2, 0.25) is 5.28 Å². The number of carbonyl (C=O) groups excluding carboxylic acids is 1. The van der Waals surface area contributed by atoms with Crippen molar-refractivity contribution >= 4 is 50.3 Å². The molecule has 2 atom stereocenters. The molecule has 0 N–H and O–H groups in total. The highest BCUT2D eigenvalue weighted by Crippen LogP contribution is 2.32. The number of rotatable bonds is 4. The molecule has 0 unspecified atom stereocenters. The van der Waals surface area contributed by atoms with Crippen molar-refractivity contribution in [2.75, 3.05) is 32.2 Å². The van der Waals surface area contributed by atoms with Crippen LogP contribution in [0.15, 0.2) is 22.7 Å². The fourth-order valence-electron chi connectivity index (χ4n) is 3.69. The predicted molar refractivity (Wildman–Crippen MR) is 118 cm³/mol. The van der Waals surface area contributed by atoms with Crippen LogP contribution in [0.3, 0.4) is 0 Å². The Bertz CT molecular complexity index is 900. The van der Waals surface area contributed by atoms with Crippen molar-refractivity contribution in [2.24, 2.45) is 0 Å². The summed E-state index contributed by atoms with van der Waals surface area (Å²) < 4.78 is 12.0. The third-order valence-electron chi connectivity index (χ3n) is 4.92. The highest BCUT2D eigenvalue weighted by atomic mass is 79.9. The summed E-state index contributed by atoms with van der Waals surface area (Å²) in [6.45, 7) is 6.58. The summed E-state index contributed by atoms with van der Waals surface area (Å²) in [5, 5.41) is 1.08. The number of halogens is 2. The lowest BCUT2D eigenvalue weighted by molar-refractivity contribution is 0.0136. The predicted octanol–water partition coefficient (Wildman–Crippen LogP) is 4.51. The smallest absolute Gasteiger partial charge is 0.410 e. The van der Waals surface area contributed by atoms with Crippen LogP contribution in [-0.4, -0.2) is 66.0 Å². The van der Waals surface area contributed by atoms with Gasteiger partial charge in [0.15, 0.2) is 0 Å². The van der Waals surface area contributed by atoms with Gasteiger partial charge in [0, 0.05) is 30.6 Å². The molecular formula is C20H26BrClN4O3. The molecule has 0 spiro atoms. The van der Waals surface area contributed by atoms with E-state index in [2.05, 4.69) is 30.8 Å². The number of hydrogen-bond donors (Lipinski definition) is 0. The van der Waals surface area contributed by atoms with E-state index in [0.29, 0.717) is 13.2 Å². The molecule has 3 rings (SSSR count). The van der Waals surface area contributed by atoms with Crippen LogP contribution in [0.1, 0.15) is 27.2 Å². The van der Waals surface area contributed by atoms with E-state index >= 15 is 0 Å². The fourth-order valence-corrected chi connectivity index (χ4v) is 4.21. The number of ether oxygens (including phenoxy) is 2. The Labute approximate surface area is 184 Å². The zero-order valence-corrected chi connectivity index (χ0v) is 19.6. The van der Waals surface area contributed by atoms with Gasteiger partial charge < -0.3 is 19.3 Å². The maximum absolute atomic E-state index is 12.7. The molecule has 1 aliphatic rings. The van der Waals surface area contributed by atoms with Crippen molar-refractivity contribution in [3.63, 3.8) is 0 Å². The normalized spacial score (nSPS) is 19.6. The van der Waals surface area contributed by atoms with Crippen molar-refractivity contribution in [1.29, 1.82) is 0 Å². The summed E-state index contributed by atoms with van der Waals surface area (Å²) in [7, 11) is 3.60. The molecule has 1 aliphatic heterocycles. The van der Waals surface area contributed by atoms with E-state index in [4.69, 9.17) is 21.1 Å². The SMILES string of the molecule is COC[C@@H]1[C@H](N(C)c2nc(Cl)nc3cc(Br)ccc23)CCN1C(=O)OC(C)(C)C. The standard InChI is InChI=1S/C20H26BrClN4O3/c1-20(2,3)29-19(27)26-9-8-15(16(26)11-28-5)25(4)17-13-7-6-12(21)10-14(13)23-18(22)24-17/h6-7,10,15-16H,8-9,11H2,1-5H3/t15-,16-/m1/s1. The van der Waals surface area contributed by atoms with E-state index < -0.39 is 5.60 Å². The van der Waals surface area contributed by atoms with Crippen molar-refractivity contribution in [3.8, 4) is 0 Å². The van der Waals surface area contributed by atoms with Crippen LogP contribution in [0.25, 0.3) is 10.9 Å². The molecule has 158 valence electrons. The van der Waals surface area contributed by atoms with Crippen LogP contribution in [0.4, 0.5) is 10.6 Å². The molecule has 2 aromatic rings. The lowest BCUT2D eigenvalue weighted by Crippen LogP contribution is -2.49. The molecule has 2 heterocycles. The minimum Gasteiger partial charge on any atom is -0.444 e. The molecule has 0 saturated carbocycles. The number of carbonyl (C=O) groups is 1. The van der Waals surface area contributed by atoms with Gasteiger partial charge in [0.2, 0.25) is 5.28 Å². The van der Waals surface area contributed by atoms with E-state index in [1.165, 1.54) is 0 Å². The minimum absolute atomic E-state index is 0.000261. The summed E-state index contributed by atoms with van der Waals surface area (Å²) in [5.74, 6) is 0.727. The molecule has 9 heteroatoms. The maximum atomic E-state index is 12.7. The molecule has 7 nitrogen and oxygen atoms in total. The third-order valence-corrected chi connectivity index (χ3v) is 5.58. The second-order valence-corrected chi connectivity index (χ2v) is 9.39. The molecule has 0 aliphatic carbocycles. The minimum atomic E-state index is -0.553. The number of likely N-dealkylation sites (N-methyl/N-ethyl adjacent to an activating group) is 1. The van der Waals surface area contributed by atoms with Crippen LogP contribution >= 0.6 is 27.5 Å². The van der Waals surface area contributed by atoms with Gasteiger partial charge in [-0.3, -0.25) is 0 Å². The summed E-state index contributed by atoms with van der Waals surface area (Å²) in [4.78, 5) is 25.4. The van der Waals surface area contributed by atoms with E-state index in [9.17, 15) is 4.79 Å². The van der Waals surface area contributed by atoms with Gasteiger partial charge in [-0.1, -0.05) is 15.9 Å². The zero-order valence-electron chi connectivity index (χ0n) is 17.3. The van der Waals surface area contributed by atoms with E-state index in [1.807, 2.05) is 46.0 Å². The highest BCUT2D eigenvalue weighted by molar-refractivity contribution is 9.10. The average Bonchev–Trinajstić information content (AvgIpc) is 3.02. The van der Waals surface area contributed by atoms with Gasteiger partial charge in [0.25, 0.3) is 0 Å². The Morgan fingerprint density at radius 3 is 2.76 bits per heavy atom. The van der Waals surface area contributed by atoms with Gasteiger partial charge in [-0.2, -0.15) is 4.98 Å². The first-order valence-corrected chi connectivity index (χ1v) is 10.6. The number of nitrogens with zero attached hydrogens (tertiary/aromatic N) is 4. The van der Waals surface area contributed by atoms with Crippen LogP contribution in [0.5, 0.6) is 0 Å². The van der Waals surface area contributed by atoms with Crippen molar-refractivity contribution in [1.82, 2.24) is 14.9 Å². The number of likely N-dealkylation sites (tertiary alicyclic amines) is 1.